The summed E-state index contributed by atoms with van der Waals surface area (Å²) in [4.78, 5) is 10.9. The number of halogens is 10. The highest BCUT2D eigenvalue weighted by Crippen LogP contribution is 2.55. The van der Waals surface area contributed by atoms with Gasteiger partial charge in [0.1, 0.15) is 0 Å². The zero-order chi connectivity index (χ0) is 22.7. The van der Waals surface area contributed by atoms with Gasteiger partial charge in [0.05, 0.1) is 5.97 Å². The highest BCUT2D eigenvalue weighted by molar-refractivity contribution is 14.1. The first-order chi connectivity index (χ1) is 13.0. The van der Waals surface area contributed by atoms with E-state index in [0.29, 0.717) is 0 Å². The van der Waals surface area contributed by atoms with E-state index in [1.54, 1.807) is 0 Å². The first kappa shape index (κ1) is 25.6. The standard InChI is InChI=1S/C17H14F9IO2/c18-14(16(21,22)23,15(19,20)17(24,25)26)9-11(27)7-3-1-5-10-6-2-4-8-12(10)13(28)29/h1-2,4-6,8,11H,3,7,9H2,(H,28,29)/p-1. The molecule has 0 aliphatic carbocycles. The van der Waals surface area contributed by atoms with Crippen molar-refractivity contribution in [3.63, 3.8) is 0 Å². The van der Waals surface area contributed by atoms with Gasteiger partial charge in [0.2, 0.25) is 0 Å². The van der Waals surface area contributed by atoms with Crippen LogP contribution in [0.15, 0.2) is 30.3 Å². The largest absolute Gasteiger partial charge is 0.545 e. The number of hydrogen-bond donors (Lipinski definition) is 0. The van der Waals surface area contributed by atoms with Gasteiger partial charge >= 0.3 is 18.3 Å². The van der Waals surface area contributed by atoms with E-state index >= 15 is 0 Å². The Bertz CT molecular complexity index is 743. The van der Waals surface area contributed by atoms with E-state index in [0.717, 1.165) is 0 Å². The fraction of sp³-hybridized carbons (Fsp3) is 0.471. The molecule has 2 atom stereocenters. The summed E-state index contributed by atoms with van der Waals surface area (Å²) < 4.78 is 114. The van der Waals surface area contributed by atoms with Crippen LogP contribution in [-0.2, 0) is 0 Å². The molecule has 0 N–H and O–H groups in total. The number of carbonyl (C=O) groups excluding carboxylic acids is 1. The zero-order valence-electron chi connectivity index (χ0n) is 14.3. The van der Waals surface area contributed by atoms with Crippen LogP contribution in [0, 0.1) is 0 Å². The predicted octanol–water partition coefficient (Wildman–Crippen LogP) is 5.51. The van der Waals surface area contributed by atoms with Gasteiger partial charge in [-0.05, 0) is 18.4 Å². The molecule has 0 aromatic heterocycles. The average Bonchev–Trinajstić information content (AvgIpc) is 2.56. The van der Waals surface area contributed by atoms with E-state index < -0.39 is 40.3 Å². The lowest BCUT2D eigenvalue weighted by Gasteiger charge is -2.37. The molecule has 1 aromatic carbocycles. The van der Waals surface area contributed by atoms with Crippen molar-refractivity contribution in [1.82, 2.24) is 0 Å². The molecule has 0 saturated heterocycles. The van der Waals surface area contributed by atoms with Crippen molar-refractivity contribution in [3.8, 4) is 0 Å². The third kappa shape index (κ3) is 5.79. The number of hydrogen-bond acceptors (Lipinski definition) is 2. The fourth-order valence-corrected chi connectivity index (χ4v) is 3.34. The third-order valence-corrected chi connectivity index (χ3v) is 4.99. The predicted molar refractivity (Wildman–Crippen MR) is 92.4 cm³/mol. The Balaban J connectivity index is 2.89. The maximum atomic E-state index is 14.0. The van der Waals surface area contributed by atoms with E-state index in [2.05, 4.69) is 0 Å². The molecular formula is C17H13F9IO2-. The molecule has 0 spiro atoms. The second-order valence-electron chi connectivity index (χ2n) is 6.03. The lowest BCUT2D eigenvalue weighted by Crippen LogP contribution is -2.62. The lowest BCUT2D eigenvalue weighted by atomic mass is 9.89. The molecule has 0 aliphatic heterocycles. The number of carboxylic acids is 1. The second kappa shape index (κ2) is 9.13. The molecule has 29 heavy (non-hydrogen) atoms. The van der Waals surface area contributed by atoms with Crippen LogP contribution in [0.25, 0.3) is 6.08 Å². The van der Waals surface area contributed by atoms with Crippen LogP contribution in [0.5, 0.6) is 0 Å². The van der Waals surface area contributed by atoms with E-state index in [4.69, 9.17) is 0 Å². The molecule has 0 amide bonds. The summed E-state index contributed by atoms with van der Waals surface area (Å²) >= 11 is 1.17. The van der Waals surface area contributed by atoms with Gasteiger partial charge in [-0.25, -0.2) is 4.39 Å². The molecule has 2 nitrogen and oxygen atoms in total. The number of aromatic carboxylic acids is 1. The summed E-state index contributed by atoms with van der Waals surface area (Å²) in [5.41, 5.74) is -5.77. The SMILES string of the molecule is O=C([O-])c1ccccc1C=CCCC(I)CC(F)(C(F)(F)F)C(F)(F)C(F)(F)F. The number of allylic oxidation sites excluding steroid dienone is 1. The van der Waals surface area contributed by atoms with Gasteiger partial charge in [-0.15, -0.1) is 0 Å². The Hall–Kier alpha value is -1.47. The Morgan fingerprint density at radius 3 is 2.03 bits per heavy atom. The van der Waals surface area contributed by atoms with Crippen LogP contribution in [0.2, 0.25) is 0 Å². The number of carbonyl (C=O) groups is 1. The van der Waals surface area contributed by atoms with Crippen molar-refractivity contribution in [2.45, 2.75) is 47.1 Å². The van der Waals surface area contributed by atoms with Gasteiger partial charge in [0.25, 0.3) is 5.67 Å². The van der Waals surface area contributed by atoms with Crippen molar-refractivity contribution in [2.24, 2.45) is 0 Å². The topological polar surface area (TPSA) is 40.1 Å². The molecule has 12 heteroatoms. The molecule has 2 unspecified atom stereocenters. The first-order valence-corrected chi connectivity index (χ1v) is 9.10. The molecule has 0 bridgehead atoms. The molecular weight excluding hydrogens is 534 g/mol. The van der Waals surface area contributed by atoms with Crippen molar-refractivity contribution < 1.29 is 49.4 Å². The van der Waals surface area contributed by atoms with E-state index in [1.807, 2.05) is 0 Å². The van der Waals surface area contributed by atoms with Gasteiger partial charge in [-0.3, -0.25) is 0 Å². The molecule has 0 radical (unpaired) electrons. The minimum Gasteiger partial charge on any atom is -0.545 e. The maximum absolute atomic E-state index is 14.0. The number of alkyl halides is 10. The summed E-state index contributed by atoms with van der Waals surface area (Å²) in [6.45, 7) is 0. The minimum absolute atomic E-state index is 0.124. The van der Waals surface area contributed by atoms with Crippen LogP contribution in [0.4, 0.5) is 39.5 Å². The van der Waals surface area contributed by atoms with Gasteiger partial charge in [0, 0.05) is 15.9 Å². The summed E-state index contributed by atoms with van der Waals surface area (Å²) in [5.74, 6) is -8.11. The number of carboxylic acid groups (broad SMARTS) is 1. The van der Waals surface area contributed by atoms with Crippen LogP contribution in [-0.4, -0.2) is 33.8 Å². The second-order valence-corrected chi connectivity index (χ2v) is 7.79. The van der Waals surface area contributed by atoms with Gasteiger partial charge in [0.15, 0.2) is 0 Å². The van der Waals surface area contributed by atoms with Crippen LogP contribution in [0.1, 0.15) is 35.2 Å². The molecule has 1 aromatic rings. The van der Waals surface area contributed by atoms with Crippen LogP contribution < -0.4 is 5.11 Å². The van der Waals surface area contributed by atoms with Gasteiger partial charge in [-0.1, -0.05) is 59.0 Å². The Kier molecular flexibility index (Phi) is 8.05. The molecule has 0 aliphatic rings. The van der Waals surface area contributed by atoms with Crippen molar-refractivity contribution in [3.05, 3.63) is 41.5 Å². The van der Waals surface area contributed by atoms with E-state index in [1.165, 1.54) is 59.0 Å². The molecule has 164 valence electrons. The van der Waals surface area contributed by atoms with Crippen LogP contribution >= 0.6 is 22.6 Å². The highest BCUT2D eigenvalue weighted by Gasteiger charge is 2.80. The summed E-state index contributed by atoms with van der Waals surface area (Å²) in [5, 5.41) is 10.9. The lowest BCUT2D eigenvalue weighted by molar-refractivity contribution is -0.384. The smallest absolute Gasteiger partial charge is 0.457 e. The number of benzene rings is 1. The Morgan fingerprint density at radius 2 is 1.55 bits per heavy atom. The van der Waals surface area contributed by atoms with E-state index in [-0.39, 0.29) is 24.0 Å². The van der Waals surface area contributed by atoms with Crippen molar-refractivity contribution >= 4 is 34.6 Å². The molecule has 1 rings (SSSR count). The first-order valence-electron chi connectivity index (χ1n) is 7.85. The van der Waals surface area contributed by atoms with Gasteiger partial charge < -0.3 is 9.90 Å². The fourth-order valence-electron chi connectivity index (χ4n) is 2.37. The monoisotopic (exact) mass is 547 g/mol. The quantitative estimate of drug-likeness (QED) is 0.245. The molecule has 0 heterocycles. The summed E-state index contributed by atoms with van der Waals surface area (Å²) in [6, 6.07) is 5.54. The van der Waals surface area contributed by atoms with Gasteiger partial charge in [-0.2, -0.15) is 35.1 Å². The summed E-state index contributed by atoms with van der Waals surface area (Å²) in [6.07, 6.45) is -13.2. The summed E-state index contributed by atoms with van der Waals surface area (Å²) in [7, 11) is 0. The van der Waals surface area contributed by atoms with Crippen molar-refractivity contribution in [2.75, 3.05) is 0 Å². The van der Waals surface area contributed by atoms with E-state index in [9.17, 15) is 49.4 Å². The minimum atomic E-state index is -6.72. The number of rotatable bonds is 8. The Morgan fingerprint density at radius 1 is 1.00 bits per heavy atom. The normalized spacial score (nSPS) is 16.6. The molecule has 0 fully saturated rings. The zero-order valence-corrected chi connectivity index (χ0v) is 16.4. The maximum Gasteiger partial charge on any atom is 0.457 e. The van der Waals surface area contributed by atoms with Crippen molar-refractivity contribution in [1.29, 1.82) is 0 Å². The van der Waals surface area contributed by atoms with Crippen LogP contribution in [0.3, 0.4) is 0 Å². The molecule has 0 saturated carbocycles. The third-order valence-electron chi connectivity index (χ3n) is 3.93. The highest BCUT2D eigenvalue weighted by atomic mass is 127. The Labute approximate surface area is 172 Å². The average molecular weight is 547 g/mol.